The fourth-order valence-corrected chi connectivity index (χ4v) is 3.12. The highest BCUT2D eigenvalue weighted by Gasteiger charge is 2.31. The summed E-state index contributed by atoms with van der Waals surface area (Å²) in [5, 5.41) is 9.15. The van der Waals surface area contributed by atoms with Gasteiger partial charge in [-0.2, -0.15) is 0 Å². The van der Waals surface area contributed by atoms with Crippen molar-refractivity contribution in [2.45, 2.75) is 39.5 Å². The van der Waals surface area contributed by atoms with Gasteiger partial charge in [0, 0.05) is 24.5 Å². The van der Waals surface area contributed by atoms with Gasteiger partial charge in [0.15, 0.2) is 0 Å². The van der Waals surface area contributed by atoms with E-state index in [0.29, 0.717) is 11.1 Å². The van der Waals surface area contributed by atoms with E-state index >= 15 is 0 Å². The molecule has 1 aliphatic heterocycles. The lowest BCUT2D eigenvalue weighted by Crippen LogP contribution is -2.39. The molecule has 4 nitrogen and oxygen atoms in total. The fourth-order valence-electron chi connectivity index (χ4n) is 3.12. The predicted octanol–water partition coefficient (Wildman–Crippen LogP) is 3.37. The Morgan fingerprint density at radius 1 is 1.30 bits per heavy atom. The minimum absolute atomic E-state index is 0.199. The van der Waals surface area contributed by atoms with Crippen LogP contribution in [-0.2, 0) is 0 Å². The second-order valence-electron chi connectivity index (χ2n) is 5.77. The summed E-state index contributed by atoms with van der Waals surface area (Å²) < 4.78 is 0. The number of hydrogen-bond donors (Lipinski definition) is 2. The molecule has 1 aromatic carbocycles. The first-order valence-corrected chi connectivity index (χ1v) is 7.39. The molecule has 1 saturated heterocycles. The van der Waals surface area contributed by atoms with Crippen molar-refractivity contribution in [3.8, 4) is 0 Å². The third kappa shape index (κ3) is 2.74. The van der Waals surface area contributed by atoms with Crippen LogP contribution in [0.3, 0.4) is 0 Å². The van der Waals surface area contributed by atoms with Crippen molar-refractivity contribution in [2.24, 2.45) is 5.41 Å². The third-order valence-electron chi connectivity index (χ3n) is 4.96. The molecule has 0 bridgehead atoms. The molecule has 3 N–H and O–H groups in total. The van der Waals surface area contributed by atoms with E-state index < -0.39 is 5.97 Å². The predicted molar refractivity (Wildman–Crippen MR) is 82.3 cm³/mol. The minimum Gasteiger partial charge on any atom is -0.478 e. The molecular weight excluding hydrogens is 252 g/mol. The molecule has 0 aromatic heterocycles. The lowest BCUT2D eigenvalue weighted by Gasteiger charge is -2.42. The maximum absolute atomic E-state index is 11.2. The number of carboxylic acids is 1. The van der Waals surface area contributed by atoms with Gasteiger partial charge in [0.05, 0.1) is 5.56 Å². The summed E-state index contributed by atoms with van der Waals surface area (Å²) in [4.78, 5) is 13.4. The topological polar surface area (TPSA) is 66.6 Å². The van der Waals surface area contributed by atoms with E-state index in [2.05, 4.69) is 18.7 Å². The summed E-state index contributed by atoms with van der Waals surface area (Å²) in [7, 11) is 0. The Morgan fingerprint density at radius 2 is 1.90 bits per heavy atom. The molecular formula is C16H24N2O2. The van der Waals surface area contributed by atoms with Crippen molar-refractivity contribution >= 4 is 17.3 Å². The molecule has 0 radical (unpaired) electrons. The van der Waals surface area contributed by atoms with Crippen LogP contribution in [0.5, 0.6) is 0 Å². The molecule has 4 heteroatoms. The minimum atomic E-state index is -0.960. The fraction of sp³-hybridized carbons (Fsp3) is 0.562. The van der Waals surface area contributed by atoms with Crippen LogP contribution in [0.2, 0.25) is 0 Å². The van der Waals surface area contributed by atoms with Crippen molar-refractivity contribution in [2.75, 3.05) is 23.7 Å². The van der Waals surface area contributed by atoms with Gasteiger partial charge in [-0.15, -0.1) is 0 Å². The molecule has 110 valence electrons. The SMILES string of the molecule is CCC1(CC)CCN(c2ccc(N)c(C(=O)O)c2)CC1. The van der Waals surface area contributed by atoms with Crippen molar-refractivity contribution in [1.29, 1.82) is 0 Å². The molecule has 0 atom stereocenters. The first kappa shape index (κ1) is 14.7. The van der Waals surface area contributed by atoms with Crippen LogP contribution in [0.1, 0.15) is 49.9 Å². The van der Waals surface area contributed by atoms with E-state index in [1.54, 1.807) is 12.1 Å². The number of hydrogen-bond acceptors (Lipinski definition) is 3. The zero-order valence-electron chi connectivity index (χ0n) is 12.4. The lowest BCUT2D eigenvalue weighted by molar-refractivity contribution is 0.0698. The summed E-state index contributed by atoms with van der Waals surface area (Å²) in [5.41, 5.74) is 7.68. The second kappa shape index (κ2) is 5.73. The van der Waals surface area contributed by atoms with Gasteiger partial charge in [-0.25, -0.2) is 4.79 Å². The van der Waals surface area contributed by atoms with Crippen molar-refractivity contribution in [3.05, 3.63) is 23.8 Å². The Bertz CT molecular complexity index is 485. The number of anilines is 2. The van der Waals surface area contributed by atoms with Gasteiger partial charge >= 0.3 is 5.97 Å². The quantitative estimate of drug-likeness (QED) is 0.827. The Balaban J connectivity index is 2.15. The van der Waals surface area contributed by atoms with Gasteiger partial charge in [0.2, 0.25) is 0 Å². The molecule has 1 heterocycles. The lowest BCUT2D eigenvalue weighted by atomic mass is 9.74. The highest BCUT2D eigenvalue weighted by Crippen LogP contribution is 2.39. The Kier molecular flexibility index (Phi) is 4.21. The van der Waals surface area contributed by atoms with Crippen LogP contribution in [0.4, 0.5) is 11.4 Å². The summed E-state index contributed by atoms with van der Waals surface area (Å²) in [6, 6.07) is 5.31. The maximum Gasteiger partial charge on any atom is 0.337 e. The van der Waals surface area contributed by atoms with E-state index in [9.17, 15) is 4.79 Å². The highest BCUT2D eigenvalue weighted by atomic mass is 16.4. The monoisotopic (exact) mass is 276 g/mol. The van der Waals surface area contributed by atoms with Crippen LogP contribution in [0.25, 0.3) is 0 Å². The summed E-state index contributed by atoms with van der Waals surface area (Å²) in [5.74, 6) is -0.960. The number of carbonyl (C=O) groups is 1. The van der Waals surface area contributed by atoms with E-state index in [1.165, 1.54) is 25.7 Å². The number of piperidine rings is 1. The van der Waals surface area contributed by atoms with Crippen molar-refractivity contribution < 1.29 is 9.90 Å². The maximum atomic E-state index is 11.2. The number of nitrogens with two attached hydrogens (primary N) is 1. The normalized spacial score (nSPS) is 18.0. The molecule has 0 unspecified atom stereocenters. The number of aromatic carboxylic acids is 1. The largest absolute Gasteiger partial charge is 0.478 e. The van der Waals surface area contributed by atoms with Gasteiger partial charge in [-0.1, -0.05) is 26.7 Å². The third-order valence-corrected chi connectivity index (χ3v) is 4.96. The number of nitrogen functional groups attached to an aromatic ring is 1. The standard InChI is InChI=1S/C16H24N2O2/c1-3-16(4-2)7-9-18(10-8-16)12-5-6-14(17)13(11-12)15(19)20/h5-6,11H,3-4,7-10,17H2,1-2H3,(H,19,20). The molecule has 1 fully saturated rings. The zero-order chi connectivity index (χ0) is 14.8. The molecule has 1 aliphatic rings. The summed E-state index contributed by atoms with van der Waals surface area (Å²) in [6.07, 6.45) is 4.79. The van der Waals surface area contributed by atoms with Gasteiger partial charge in [0.1, 0.15) is 0 Å². The van der Waals surface area contributed by atoms with Crippen LogP contribution in [0.15, 0.2) is 18.2 Å². The highest BCUT2D eigenvalue weighted by molar-refractivity contribution is 5.94. The second-order valence-corrected chi connectivity index (χ2v) is 5.77. The molecule has 0 spiro atoms. The van der Waals surface area contributed by atoms with Gasteiger partial charge < -0.3 is 15.7 Å². The summed E-state index contributed by atoms with van der Waals surface area (Å²) in [6.45, 7) is 6.52. The van der Waals surface area contributed by atoms with E-state index in [0.717, 1.165) is 18.8 Å². The van der Waals surface area contributed by atoms with Crippen LogP contribution >= 0.6 is 0 Å². The number of rotatable bonds is 4. The number of nitrogens with zero attached hydrogens (tertiary/aromatic N) is 1. The number of carboxylic acid groups (broad SMARTS) is 1. The number of benzene rings is 1. The molecule has 0 saturated carbocycles. The average Bonchev–Trinajstić information content (AvgIpc) is 2.47. The molecule has 0 amide bonds. The van der Waals surface area contributed by atoms with Gasteiger partial charge in [-0.05, 0) is 36.5 Å². The van der Waals surface area contributed by atoms with Crippen molar-refractivity contribution in [3.63, 3.8) is 0 Å². The van der Waals surface area contributed by atoms with Gasteiger partial charge in [0.25, 0.3) is 0 Å². The Labute approximate surface area is 120 Å². The first-order chi connectivity index (χ1) is 9.51. The Morgan fingerprint density at radius 3 is 2.40 bits per heavy atom. The average molecular weight is 276 g/mol. The van der Waals surface area contributed by atoms with Crippen LogP contribution < -0.4 is 10.6 Å². The van der Waals surface area contributed by atoms with Crippen molar-refractivity contribution in [1.82, 2.24) is 0 Å². The summed E-state index contributed by atoms with van der Waals surface area (Å²) >= 11 is 0. The van der Waals surface area contributed by atoms with E-state index in [-0.39, 0.29) is 5.56 Å². The first-order valence-electron chi connectivity index (χ1n) is 7.39. The van der Waals surface area contributed by atoms with E-state index in [1.807, 2.05) is 6.07 Å². The smallest absolute Gasteiger partial charge is 0.337 e. The molecule has 20 heavy (non-hydrogen) atoms. The van der Waals surface area contributed by atoms with Crippen LogP contribution in [0, 0.1) is 5.41 Å². The zero-order valence-corrected chi connectivity index (χ0v) is 12.4. The Hall–Kier alpha value is -1.71. The molecule has 0 aliphatic carbocycles. The molecule has 2 rings (SSSR count). The van der Waals surface area contributed by atoms with E-state index in [4.69, 9.17) is 10.8 Å². The van der Waals surface area contributed by atoms with Crippen LogP contribution in [-0.4, -0.2) is 24.2 Å². The molecule has 1 aromatic rings. The van der Waals surface area contributed by atoms with Gasteiger partial charge in [-0.3, -0.25) is 0 Å².